The quantitative estimate of drug-likeness (QED) is 0.654. The van der Waals surface area contributed by atoms with Gasteiger partial charge in [0.05, 0.1) is 10.7 Å². The zero-order valence-corrected chi connectivity index (χ0v) is 11.7. The number of benzene rings is 1. The minimum Gasteiger partial charge on any atom is -0.398 e. The van der Waals surface area contributed by atoms with Crippen LogP contribution in [0.5, 0.6) is 0 Å². The van der Waals surface area contributed by atoms with E-state index in [0.29, 0.717) is 22.8 Å². The Balaban J connectivity index is 1.83. The number of anilines is 1. The highest BCUT2D eigenvalue weighted by Gasteiger charge is 2.08. The van der Waals surface area contributed by atoms with E-state index in [1.54, 1.807) is 18.2 Å². The zero-order chi connectivity index (χ0) is 13.7. The Morgan fingerprint density at radius 1 is 1.37 bits per heavy atom. The fourth-order valence-electron chi connectivity index (χ4n) is 2.26. The molecule has 1 amide bonds. The Morgan fingerprint density at radius 3 is 2.89 bits per heavy atom. The van der Waals surface area contributed by atoms with E-state index < -0.39 is 0 Å². The zero-order valence-electron chi connectivity index (χ0n) is 10.9. The van der Waals surface area contributed by atoms with Crippen LogP contribution < -0.4 is 11.1 Å². The van der Waals surface area contributed by atoms with Crippen LogP contribution in [0.4, 0.5) is 5.69 Å². The predicted octanol–water partition coefficient (Wildman–Crippen LogP) is 3.54. The van der Waals surface area contributed by atoms with Crippen molar-refractivity contribution in [3.8, 4) is 0 Å². The average molecular weight is 279 g/mol. The summed E-state index contributed by atoms with van der Waals surface area (Å²) in [6.45, 7) is 0.674. The van der Waals surface area contributed by atoms with Gasteiger partial charge in [-0.1, -0.05) is 23.3 Å². The number of nitrogens with one attached hydrogen (secondary N) is 1. The predicted molar refractivity (Wildman–Crippen MR) is 79.4 cm³/mol. The van der Waals surface area contributed by atoms with Crippen molar-refractivity contribution in [2.75, 3.05) is 12.3 Å². The van der Waals surface area contributed by atoms with Crippen molar-refractivity contribution in [3.63, 3.8) is 0 Å². The molecule has 102 valence electrons. The molecule has 1 aliphatic carbocycles. The first kappa shape index (κ1) is 13.9. The molecule has 0 saturated carbocycles. The van der Waals surface area contributed by atoms with Crippen molar-refractivity contribution in [1.29, 1.82) is 0 Å². The van der Waals surface area contributed by atoms with Crippen LogP contribution in [-0.2, 0) is 0 Å². The molecular weight excluding hydrogens is 260 g/mol. The van der Waals surface area contributed by atoms with E-state index in [1.807, 2.05) is 0 Å². The maximum absolute atomic E-state index is 11.9. The number of carbonyl (C=O) groups is 1. The Morgan fingerprint density at radius 2 is 2.21 bits per heavy atom. The Bertz CT molecular complexity index is 497. The third-order valence-electron chi connectivity index (χ3n) is 3.37. The van der Waals surface area contributed by atoms with E-state index in [9.17, 15) is 4.79 Å². The van der Waals surface area contributed by atoms with Crippen LogP contribution in [0.2, 0.25) is 5.02 Å². The number of rotatable bonds is 4. The second-order valence-electron chi connectivity index (χ2n) is 4.85. The van der Waals surface area contributed by atoms with Gasteiger partial charge in [0.15, 0.2) is 0 Å². The maximum atomic E-state index is 11.9. The number of halogens is 1. The summed E-state index contributed by atoms with van der Waals surface area (Å²) in [6, 6.07) is 4.95. The van der Waals surface area contributed by atoms with Crippen molar-refractivity contribution in [2.24, 2.45) is 0 Å². The minimum atomic E-state index is -0.0974. The van der Waals surface area contributed by atoms with Crippen molar-refractivity contribution < 1.29 is 4.79 Å². The van der Waals surface area contributed by atoms with Gasteiger partial charge in [0.1, 0.15) is 0 Å². The van der Waals surface area contributed by atoms with Gasteiger partial charge in [-0.15, -0.1) is 0 Å². The molecule has 0 aromatic heterocycles. The normalized spacial score (nSPS) is 14.9. The number of allylic oxidation sites excluding steroid dienone is 1. The summed E-state index contributed by atoms with van der Waals surface area (Å²) in [5.74, 6) is -0.0974. The van der Waals surface area contributed by atoms with E-state index in [1.165, 1.54) is 31.3 Å². The van der Waals surface area contributed by atoms with Gasteiger partial charge in [-0.25, -0.2) is 0 Å². The van der Waals surface area contributed by atoms with Crippen LogP contribution in [0.3, 0.4) is 0 Å². The average Bonchev–Trinajstić information content (AvgIpc) is 2.43. The van der Waals surface area contributed by atoms with Gasteiger partial charge in [-0.3, -0.25) is 4.79 Å². The summed E-state index contributed by atoms with van der Waals surface area (Å²) in [6.07, 6.45) is 8.15. The molecule has 0 atom stereocenters. The molecule has 1 aliphatic rings. The molecule has 2 rings (SSSR count). The van der Waals surface area contributed by atoms with Gasteiger partial charge in [-0.05, 0) is 50.3 Å². The Kier molecular flexibility index (Phi) is 4.86. The molecule has 4 heteroatoms. The smallest absolute Gasteiger partial charge is 0.251 e. The molecule has 3 N–H and O–H groups in total. The fourth-order valence-corrected chi connectivity index (χ4v) is 2.37. The molecule has 0 fully saturated rings. The monoisotopic (exact) mass is 278 g/mol. The van der Waals surface area contributed by atoms with Crippen molar-refractivity contribution >= 4 is 23.2 Å². The van der Waals surface area contributed by atoms with Crippen molar-refractivity contribution in [1.82, 2.24) is 5.32 Å². The Hall–Kier alpha value is -1.48. The van der Waals surface area contributed by atoms with E-state index >= 15 is 0 Å². The van der Waals surface area contributed by atoms with Crippen LogP contribution in [0.1, 0.15) is 42.5 Å². The molecule has 3 nitrogen and oxygen atoms in total. The highest BCUT2D eigenvalue weighted by atomic mass is 35.5. The van der Waals surface area contributed by atoms with Gasteiger partial charge in [0.25, 0.3) is 5.91 Å². The lowest BCUT2D eigenvalue weighted by molar-refractivity contribution is 0.0954. The van der Waals surface area contributed by atoms with E-state index in [-0.39, 0.29) is 5.91 Å². The molecule has 1 aromatic carbocycles. The maximum Gasteiger partial charge on any atom is 0.251 e. The standard InChI is InChI=1S/C15H19ClN2O/c16-13-7-6-12(10-14(13)17)15(19)18-9-8-11-4-2-1-3-5-11/h4,6-7,10H,1-3,5,8-9,17H2,(H,18,19). The van der Waals surface area contributed by atoms with Crippen LogP contribution >= 0.6 is 11.6 Å². The molecule has 1 aromatic rings. The number of amides is 1. The van der Waals surface area contributed by atoms with Crippen LogP contribution in [0, 0.1) is 0 Å². The van der Waals surface area contributed by atoms with Gasteiger partial charge in [-0.2, -0.15) is 0 Å². The second-order valence-corrected chi connectivity index (χ2v) is 5.26. The molecule has 0 aliphatic heterocycles. The van der Waals surface area contributed by atoms with Crippen LogP contribution in [0.15, 0.2) is 29.8 Å². The third kappa shape index (κ3) is 4.00. The Labute approximate surface area is 118 Å². The van der Waals surface area contributed by atoms with Crippen LogP contribution in [-0.4, -0.2) is 12.5 Å². The number of nitrogens with two attached hydrogens (primary N) is 1. The van der Waals surface area contributed by atoms with Crippen molar-refractivity contribution in [2.45, 2.75) is 32.1 Å². The molecule has 0 radical (unpaired) electrons. The van der Waals surface area contributed by atoms with Gasteiger partial charge in [0, 0.05) is 12.1 Å². The molecule has 0 bridgehead atoms. The van der Waals surface area contributed by atoms with Gasteiger partial charge < -0.3 is 11.1 Å². The number of carbonyl (C=O) groups excluding carboxylic acids is 1. The minimum absolute atomic E-state index is 0.0974. The van der Waals surface area contributed by atoms with Crippen molar-refractivity contribution in [3.05, 3.63) is 40.4 Å². The number of hydrogen-bond acceptors (Lipinski definition) is 2. The first-order valence-electron chi connectivity index (χ1n) is 6.68. The highest BCUT2D eigenvalue weighted by molar-refractivity contribution is 6.33. The summed E-state index contributed by atoms with van der Waals surface area (Å²) in [5, 5.41) is 3.39. The lowest BCUT2D eigenvalue weighted by Gasteiger charge is -2.13. The highest BCUT2D eigenvalue weighted by Crippen LogP contribution is 2.20. The van der Waals surface area contributed by atoms with Gasteiger partial charge in [0.2, 0.25) is 0 Å². The number of nitrogen functional groups attached to an aromatic ring is 1. The third-order valence-corrected chi connectivity index (χ3v) is 3.72. The lowest BCUT2D eigenvalue weighted by Crippen LogP contribution is -2.25. The summed E-state index contributed by atoms with van der Waals surface area (Å²) in [4.78, 5) is 11.9. The summed E-state index contributed by atoms with van der Waals surface area (Å²) in [5.41, 5.74) is 8.13. The molecule has 19 heavy (non-hydrogen) atoms. The van der Waals surface area contributed by atoms with E-state index in [4.69, 9.17) is 17.3 Å². The second kappa shape index (κ2) is 6.62. The summed E-state index contributed by atoms with van der Waals surface area (Å²) in [7, 11) is 0. The number of hydrogen-bond donors (Lipinski definition) is 2. The summed E-state index contributed by atoms with van der Waals surface area (Å²) >= 11 is 5.83. The fraction of sp³-hybridized carbons (Fsp3) is 0.400. The molecule has 0 heterocycles. The van der Waals surface area contributed by atoms with Crippen LogP contribution in [0.25, 0.3) is 0 Å². The molecule has 0 saturated heterocycles. The topological polar surface area (TPSA) is 55.1 Å². The van der Waals surface area contributed by atoms with E-state index in [0.717, 1.165) is 6.42 Å². The van der Waals surface area contributed by atoms with E-state index in [2.05, 4.69) is 11.4 Å². The van der Waals surface area contributed by atoms with Gasteiger partial charge >= 0.3 is 0 Å². The molecule has 0 spiro atoms. The lowest BCUT2D eigenvalue weighted by atomic mass is 9.97. The largest absolute Gasteiger partial charge is 0.398 e. The molecular formula is C15H19ClN2O. The molecule has 0 unspecified atom stereocenters. The SMILES string of the molecule is Nc1cc(C(=O)NCCC2=CCCCC2)ccc1Cl. The first-order valence-corrected chi connectivity index (χ1v) is 7.06. The first-order chi connectivity index (χ1) is 9.16. The summed E-state index contributed by atoms with van der Waals surface area (Å²) < 4.78 is 0.